The van der Waals surface area contributed by atoms with Gasteiger partial charge in [-0.1, -0.05) is 11.3 Å². The molecule has 3 aromatic rings. The SMILES string of the molecule is Cc1nc(N(C)C)sc1-c1nc(Nc2ccc(N3CCNCC3)cn2)ncc1F. The molecule has 1 aliphatic heterocycles. The van der Waals surface area contributed by atoms with Gasteiger partial charge in [-0.25, -0.2) is 24.3 Å². The number of anilines is 4. The zero-order chi connectivity index (χ0) is 20.4. The quantitative estimate of drug-likeness (QED) is 0.660. The van der Waals surface area contributed by atoms with Crippen molar-refractivity contribution in [1.82, 2.24) is 25.3 Å². The summed E-state index contributed by atoms with van der Waals surface area (Å²) in [6.45, 7) is 5.71. The number of nitrogens with one attached hydrogen (secondary N) is 2. The molecule has 29 heavy (non-hydrogen) atoms. The van der Waals surface area contributed by atoms with Crippen molar-refractivity contribution in [3.8, 4) is 10.6 Å². The van der Waals surface area contributed by atoms with Crippen LogP contribution in [0.15, 0.2) is 24.5 Å². The summed E-state index contributed by atoms with van der Waals surface area (Å²) in [7, 11) is 3.81. The lowest BCUT2D eigenvalue weighted by atomic mass is 10.3. The van der Waals surface area contributed by atoms with Crippen molar-refractivity contribution in [1.29, 1.82) is 0 Å². The first-order valence-electron chi connectivity index (χ1n) is 9.37. The van der Waals surface area contributed by atoms with Gasteiger partial charge in [-0.2, -0.15) is 0 Å². The van der Waals surface area contributed by atoms with Gasteiger partial charge in [0.2, 0.25) is 5.95 Å². The Balaban J connectivity index is 1.55. The van der Waals surface area contributed by atoms with Crippen LogP contribution in [-0.2, 0) is 0 Å². The predicted octanol–water partition coefficient (Wildman–Crippen LogP) is 2.66. The van der Waals surface area contributed by atoms with E-state index in [0.717, 1.165) is 42.7 Å². The molecule has 0 aliphatic carbocycles. The van der Waals surface area contributed by atoms with Gasteiger partial charge in [0.05, 0.1) is 28.7 Å². The number of hydrogen-bond acceptors (Lipinski definition) is 9. The largest absolute Gasteiger partial charge is 0.368 e. The number of thiazole rings is 1. The van der Waals surface area contributed by atoms with Gasteiger partial charge in [0.25, 0.3) is 0 Å². The van der Waals surface area contributed by atoms with E-state index in [9.17, 15) is 4.39 Å². The van der Waals surface area contributed by atoms with E-state index in [1.54, 1.807) is 0 Å². The average Bonchev–Trinajstić information content (AvgIpc) is 3.12. The predicted molar refractivity (Wildman–Crippen MR) is 115 cm³/mol. The summed E-state index contributed by atoms with van der Waals surface area (Å²) in [6.07, 6.45) is 3.00. The molecule has 4 heterocycles. The van der Waals surface area contributed by atoms with Crippen LogP contribution in [0.5, 0.6) is 0 Å². The molecule has 8 nitrogen and oxygen atoms in total. The Hall–Kier alpha value is -2.85. The highest BCUT2D eigenvalue weighted by molar-refractivity contribution is 7.19. The summed E-state index contributed by atoms with van der Waals surface area (Å²) in [5.41, 5.74) is 2.05. The molecule has 2 N–H and O–H groups in total. The molecule has 0 saturated carbocycles. The molecule has 0 bridgehead atoms. The highest BCUT2D eigenvalue weighted by Gasteiger charge is 2.18. The highest BCUT2D eigenvalue weighted by atomic mass is 32.1. The molecule has 0 unspecified atom stereocenters. The number of piperazine rings is 1. The van der Waals surface area contributed by atoms with Crippen molar-refractivity contribution >= 4 is 33.9 Å². The first-order valence-corrected chi connectivity index (χ1v) is 10.2. The topological polar surface area (TPSA) is 82.1 Å². The monoisotopic (exact) mass is 414 g/mol. The van der Waals surface area contributed by atoms with Crippen LogP contribution < -0.4 is 20.4 Å². The molecule has 4 rings (SSSR count). The normalized spacial score (nSPS) is 14.1. The minimum Gasteiger partial charge on any atom is -0.368 e. The molecular weight excluding hydrogens is 391 g/mol. The summed E-state index contributed by atoms with van der Waals surface area (Å²) in [5.74, 6) is 0.425. The van der Waals surface area contributed by atoms with Crippen molar-refractivity contribution < 1.29 is 4.39 Å². The summed E-state index contributed by atoms with van der Waals surface area (Å²) < 4.78 is 14.4. The van der Waals surface area contributed by atoms with E-state index in [4.69, 9.17) is 0 Å². The first kappa shape index (κ1) is 19.5. The third-order valence-electron chi connectivity index (χ3n) is 4.60. The van der Waals surface area contributed by atoms with Crippen LogP contribution in [0.2, 0.25) is 0 Å². The van der Waals surface area contributed by atoms with E-state index < -0.39 is 5.82 Å². The van der Waals surface area contributed by atoms with E-state index in [-0.39, 0.29) is 5.69 Å². The van der Waals surface area contributed by atoms with Gasteiger partial charge < -0.3 is 20.4 Å². The van der Waals surface area contributed by atoms with Crippen LogP contribution in [0.25, 0.3) is 10.6 Å². The maximum Gasteiger partial charge on any atom is 0.229 e. The van der Waals surface area contributed by atoms with Gasteiger partial charge in [0.15, 0.2) is 10.9 Å². The summed E-state index contributed by atoms with van der Waals surface area (Å²) in [5, 5.41) is 7.20. The maximum absolute atomic E-state index is 14.4. The van der Waals surface area contributed by atoms with Gasteiger partial charge in [-0.3, -0.25) is 0 Å². The van der Waals surface area contributed by atoms with E-state index in [2.05, 4.69) is 35.5 Å². The molecule has 1 saturated heterocycles. The maximum atomic E-state index is 14.4. The minimum atomic E-state index is -0.477. The molecule has 152 valence electrons. The van der Waals surface area contributed by atoms with E-state index in [1.807, 2.05) is 44.2 Å². The van der Waals surface area contributed by atoms with E-state index in [0.29, 0.717) is 16.6 Å². The lowest BCUT2D eigenvalue weighted by molar-refractivity contribution is 0.589. The fourth-order valence-electron chi connectivity index (χ4n) is 3.06. The third-order valence-corrected chi connectivity index (χ3v) is 5.93. The second-order valence-electron chi connectivity index (χ2n) is 6.96. The molecule has 10 heteroatoms. The van der Waals surface area contributed by atoms with Crippen LogP contribution in [0.1, 0.15) is 5.69 Å². The molecule has 1 fully saturated rings. The Bertz CT molecular complexity index is 982. The second-order valence-corrected chi connectivity index (χ2v) is 7.94. The average molecular weight is 415 g/mol. The van der Waals surface area contributed by atoms with Crippen LogP contribution in [0.3, 0.4) is 0 Å². The summed E-state index contributed by atoms with van der Waals surface area (Å²) in [4.78, 5) is 22.2. The highest BCUT2D eigenvalue weighted by Crippen LogP contribution is 2.34. The molecule has 0 amide bonds. The van der Waals surface area contributed by atoms with Gasteiger partial charge in [0.1, 0.15) is 11.5 Å². The minimum absolute atomic E-state index is 0.239. The molecule has 0 aromatic carbocycles. The summed E-state index contributed by atoms with van der Waals surface area (Å²) in [6, 6.07) is 3.90. The fourth-order valence-corrected chi connectivity index (χ4v) is 4.05. The molecule has 0 radical (unpaired) electrons. The Morgan fingerprint density at radius 3 is 2.59 bits per heavy atom. The van der Waals surface area contributed by atoms with Gasteiger partial charge in [-0.05, 0) is 19.1 Å². The van der Waals surface area contributed by atoms with Gasteiger partial charge in [-0.15, -0.1) is 0 Å². The van der Waals surface area contributed by atoms with Gasteiger partial charge >= 0.3 is 0 Å². The number of aryl methyl sites for hydroxylation is 1. The van der Waals surface area contributed by atoms with Crippen molar-refractivity contribution in [2.24, 2.45) is 0 Å². The standard InChI is InChI=1S/C19H23FN8S/c1-12-17(29-19(24-12)27(2)3)16-14(20)11-23-18(26-16)25-15-5-4-13(10-22-15)28-8-6-21-7-9-28/h4-5,10-11,21H,6-9H2,1-3H3,(H,22,23,25,26). The van der Waals surface area contributed by atoms with Crippen molar-refractivity contribution in [2.45, 2.75) is 6.92 Å². The number of pyridine rings is 1. The fraction of sp³-hybridized carbons (Fsp3) is 0.368. The lowest BCUT2D eigenvalue weighted by Crippen LogP contribution is -2.43. The lowest BCUT2D eigenvalue weighted by Gasteiger charge is -2.29. The summed E-state index contributed by atoms with van der Waals surface area (Å²) >= 11 is 1.40. The number of hydrogen-bond donors (Lipinski definition) is 2. The zero-order valence-corrected chi connectivity index (χ0v) is 17.4. The van der Waals surface area contributed by atoms with Crippen molar-refractivity contribution in [2.75, 3.05) is 55.4 Å². The van der Waals surface area contributed by atoms with Gasteiger partial charge in [0, 0.05) is 40.3 Å². The zero-order valence-electron chi connectivity index (χ0n) is 16.6. The van der Waals surface area contributed by atoms with E-state index in [1.165, 1.54) is 17.5 Å². The smallest absolute Gasteiger partial charge is 0.229 e. The Labute approximate surface area is 172 Å². The molecule has 1 aliphatic rings. The second kappa shape index (κ2) is 8.26. The molecule has 0 spiro atoms. The molecular formula is C19H23FN8S. The Kier molecular flexibility index (Phi) is 5.54. The Morgan fingerprint density at radius 1 is 1.14 bits per heavy atom. The van der Waals surface area contributed by atoms with Crippen molar-refractivity contribution in [3.63, 3.8) is 0 Å². The third kappa shape index (κ3) is 4.28. The molecule has 3 aromatic heterocycles. The number of rotatable bonds is 5. The van der Waals surface area contributed by atoms with Crippen LogP contribution in [-0.4, -0.2) is 60.2 Å². The van der Waals surface area contributed by atoms with Crippen LogP contribution >= 0.6 is 11.3 Å². The Morgan fingerprint density at radius 2 is 1.93 bits per heavy atom. The van der Waals surface area contributed by atoms with Crippen LogP contribution in [0.4, 0.5) is 27.0 Å². The number of halogens is 1. The van der Waals surface area contributed by atoms with Crippen LogP contribution in [0, 0.1) is 12.7 Å². The first-order chi connectivity index (χ1) is 14.0. The number of nitrogens with zero attached hydrogens (tertiary/aromatic N) is 6. The number of aromatic nitrogens is 4. The van der Waals surface area contributed by atoms with E-state index >= 15 is 0 Å². The van der Waals surface area contributed by atoms with Crippen molar-refractivity contribution in [3.05, 3.63) is 36.0 Å². The molecule has 0 atom stereocenters.